The molecule has 0 amide bonds. The molecule has 1 N–H and O–H groups in total. The van der Waals surface area contributed by atoms with Gasteiger partial charge in [-0.05, 0) is 54.7 Å². The first-order valence-electron chi connectivity index (χ1n) is 11.0. The Labute approximate surface area is 179 Å². The fourth-order valence-electron chi connectivity index (χ4n) is 4.83. The SMILES string of the molecule is CCn1c(CO)nn(-c2cc3c(C(C)C)cn([C@@H]4CCC[C@@H]4C)c(=O)c3cc2F)c1=O. The number of nitrogens with zero attached hydrogens (tertiary/aromatic N) is 4. The van der Waals surface area contributed by atoms with Crippen LogP contribution in [0.3, 0.4) is 0 Å². The lowest BCUT2D eigenvalue weighted by Crippen LogP contribution is -2.28. The summed E-state index contributed by atoms with van der Waals surface area (Å²) in [5, 5.41) is 14.6. The largest absolute Gasteiger partial charge is 0.388 e. The quantitative estimate of drug-likeness (QED) is 0.675. The Kier molecular flexibility index (Phi) is 5.60. The maximum Gasteiger partial charge on any atom is 0.350 e. The monoisotopic (exact) mass is 428 g/mol. The molecular weight excluding hydrogens is 399 g/mol. The van der Waals surface area contributed by atoms with Crippen LogP contribution in [0, 0.1) is 11.7 Å². The van der Waals surface area contributed by atoms with E-state index in [0.29, 0.717) is 23.2 Å². The zero-order chi connectivity index (χ0) is 22.4. The summed E-state index contributed by atoms with van der Waals surface area (Å²) in [5.74, 6) is -0.0272. The van der Waals surface area contributed by atoms with Crippen molar-refractivity contribution in [1.82, 2.24) is 18.9 Å². The van der Waals surface area contributed by atoms with E-state index in [1.54, 1.807) is 17.6 Å². The molecule has 1 aliphatic rings. The maximum absolute atomic E-state index is 15.2. The van der Waals surface area contributed by atoms with Gasteiger partial charge in [0.1, 0.15) is 18.1 Å². The molecule has 31 heavy (non-hydrogen) atoms. The van der Waals surface area contributed by atoms with Crippen LogP contribution >= 0.6 is 0 Å². The van der Waals surface area contributed by atoms with Crippen LogP contribution in [-0.4, -0.2) is 24.0 Å². The van der Waals surface area contributed by atoms with Crippen LogP contribution in [0.5, 0.6) is 0 Å². The van der Waals surface area contributed by atoms with Crippen molar-refractivity contribution in [2.75, 3.05) is 0 Å². The highest BCUT2D eigenvalue weighted by molar-refractivity contribution is 5.87. The predicted octanol–water partition coefficient (Wildman–Crippen LogP) is 3.48. The number of rotatable bonds is 5. The molecule has 0 spiro atoms. The molecule has 2 heterocycles. The van der Waals surface area contributed by atoms with Crippen molar-refractivity contribution in [2.24, 2.45) is 5.92 Å². The van der Waals surface area contributed by atoms with Crippen LogP contribution in [0.2, 0.25) is 0 Å². The molecule has 4 rings (SSSR count). The van der Waals surface area contributed by atoms with Gasteiger partial charge in [-0.1, -0.05) is 27.2 Å². The first kappa shape index (κ1) is 21.5. The molecule has 0 unspecified atom stereocenters. The molecule has 2 aromatic heterocycles. The summed E-state index contributed by atoms with van der Waals surface area (Å²) in [7, 11) is 0. The van der Waals surface area contributed by atoms with Gasteiger partial charge in [-0.15, -0.1) is 5.10 Å². The molecule has 0 radical (unpaired) electrons. The summed E-state index contributed by atoms with van der Waals surface area (Å²) in [6.45, 7) is 7.87. The number of hydrogen-bond donors (Lipinski definition) is 1. The summed E-state index contributed by atoms with van der Waals surface area (Å²) in [5.41, 5.74) is 0.183. The van der Waals surface area contributed by atoms with Crippen LogP contribution in [0.4, 0.5) is 4.39 Å². The first-order chi connectivity index (χ1) is 14.8. The van der Waals surface area contributed by atoms with Gasteiger partial charge < -0.3 is 9.67 Å². The van der Waals surface area contributed by atoms with E-state index in [1.807, 2.05) is 20.0 Å². The third kappa shape index (κ3) is 3.43. The van der Waals surface area contributed by atoms with E-state index >= 15 is 4.39 Å². The molecule has 1 fully saturated rings. The van der Waals surface area contributed by atoms with Crippen LogP contribution in [0.15, 0.2) is 27.9 Å². The van der Waals surface area contributed by atoms with Gasteiger partial charge in [0, 0.05) is 18.8 Å². The van der Waals surface area contributed by atoms with E-state index in [4.69, 9.17) is 0 Å². The zero-order valence-electron chi connectivity index (χ0n) is 18.4. The summed E-state index contributed by atoms with van der Waals surface area (Å²) < 4.78 is 19.3. The summed E-state index contributed by atoms with van der Waals surface area (Å²) in [6, 6.07) is 2.89. The fourth-order valence-corrected chi connectivity index (χ4v) is 4.83. The minimum Gasteiger partial charge on any atom is -0.388 e. The molecule has 2 atom stereocenters. The van der Waals surface area contributed by atoms with Crippen LogP contribution < -0.4 is 11.2 Å². The van der Waals surface area contributed by atoms with E-state index in [-0.39, 0.29) is 29.0 Å². The average molecular weight is 429 g/mol. The Hall–Kier alpha value is -2.74. The third-order valence-electron chi connectivity index (χ3n) is 6.56. The van der Waals surface area contributed by atoms with Gasteiger partial charge in [0.15, 0.2) is 5.82 Å². The average Bonchev–Trinajstić information content (AvgIpc) is 3.30. The van der Waals surface area contributed by atoms with E-state index in [2.05, 4.69) is 12.0 Å². The number of benzene rings is 1. The van der Waals surface area contributed by atoms with Crippen LogP contribution in [0.1, 0.15) is 70.3 Å². The number of fused-ring (bicyclic) bond motifs is 1. The Morgan fingerprint density at radius 1 is 1.23 bits per heavy atom. The molecule has 1 aromatic carbocycles. The Balaban J connectivity index is 2.00. The molecule has 0 bridgehead atoms. The molecular formula is C23H29FN4O3. The molecule has 3 aromatic rings. The second-order valence-corrected chi connectivity index (χ2v) is 8.79. The van der Waals surface area contributed by atoms with Crippen molar-refractivity contribution in [2.45, 2.75) is 72.1 Å². The lowest BCUT2D eigenvalue weighted by molar-refractivity contribution is 0.264. The summed E-state index contributed by atoms with van der Waals surface area (Å²) in [6.07, 6.45) is 5.01. The molecule has 7 nitrogen and oxygen atoms in total. The fraction of sp³-hybridized carbons (Fsp3) is 0.522. The molecule has 166 valence electrons. The third-order valence-corrected chi connectivity index (χ3v) is 6.56. The Morgan fingerprint density at radius 3 is 2.52 bits per heavy atom. The number of aliphatic hydroxyl groups is 1. The van der Waals surface area contributed by atoms with Gasteiger partial charge in [0.05, 0.1) is 5.39 Å². The van der Waals surface area contributed by atoms with Crippen molar-refractivity contribution in [3.8, 4) is 5.69 Å². The normalized spacial score (nSPS) is 19.1. The second-order valence-electron chi connectivity index (χ2n) is 8.79. The molecule has 0 saturated heterocycles. The lowest BCUT2D eigenvalue weighted by atomic mass is 9.96. The highest BCUT2D eigenvalue weighted by Gasteiger charge is 2.28. The van der Waals surface area contributed by atoms with Crippen LogP contribution in [0.25, 0.3) is 16.5 Å². The molecule has 1 aliphatic carbocycles. The van der Waals surface area contributed by atoms with Crippen molar-refractivity contribution in [1.29, 1.82) is 0 Å². The van der Waals surface area contributed by atoms with E-state index in [0.717, 1.165) is 29.5 Å². The maximum atomic E-state index is 15.2. The summed E-state index contributed by atoms with van der Waals surface area (Å²) >= 11 is 0. The number of hydrogen-bond acceptors (Lipinski definition) is 4. The number of pyridine rings is 1. The second kappa shape index (κ2) is 8.07. The highest BCUT2D eigenvalue weighted by Crippen LogP contribution is 2.36. The van der Waals surface area contributed by atoms with Crippen molar-refractivity contribution >= 4 is 10.8 Å². The standard InChI is InChI=1S/C23H29FN4O3/c1-5-26-21(12-29)25-28(23(26)31)20-10-15-16(9-18(20)24)22(30)27(11-17(15)13(2)3)19-8-6-7-14(19)4/h9-11,13-14,19,29H,5-8,12H2,1-4H3/t14-,19+/m0/s1. The van der Waals surface area contributed by atoms with E-state index in [1.165, 1.54) is 10.6 Å². The van der Waals surface area contributed by atoms with Gasteiger partial charge >= 0.3 is 5.69 Å². The summed E-state index contributed by atoms with van der Waals surface area (Å²) in [4.78, 5) is 26.1. The van der Waals surface area contributed by atoms with E-state index in [9.17, 15) is 14.7 Å². The number of halogens is 1. The number of aromatic nitrogens is 4. The Morgan fingerprint density at radius 2 is 1.97 bits per heavy atom. The Bertz CT molecular complexity index is 1250. The highest BCUT2D eigenvalue weighted by atomic mass is 19.1. The predicted molar refractivity (Wildman–Crippen MR) is 117 cm³/mol. The van der Waals surface area contributed by atoms with Gasteiger partial charge in [-0.2, -0.15) is 4.68 Å². The lowest BCUT2D eigenvalue weighted by Gasteiger charge is -2.22. The van der Waals surface area contributed by atoms with Crippen molar-refractivity contribution < 1.29 is 9.50 Å². The van der Waals surface area contributed by atoms with Gasteiger partial charge in [-0.3, -0.25) is 9.36 Å². The van der Waals surface area contributed by atoms with Gasteiger partial charge in [0.25, 0.3) is 5.56 Å². The van der Waals surface area contributed by atoms with Crippen LogP contribution in [-0.2, 0) is 13.2 Å². The van der Waals surface area contributed by atoms with E-state index < -0.39 is 18.1 Å². The minimum atomic E-state index is -0.691. The molecule has 0 aliphatic heterocycles. The smallest absolute Gasteiger partial charge is 0.350 e. The van der Waals surface area contributed by atoms with Gasteiger partial charge in [-0.25, -0.2) is 9.18 Å². The van der Waals surface area contributed by atoms with Crippen molar-refractivity contribution in [3.63, 3.8) is 0 Å². The first-order valence-corrected chi connectivity index (χ1v) is 11.0. The molecule has 1 saturated carbocycles. The molecule has 8 heteroatoms. The minimum absolute atomic E-state index is 0.0207. The number of aliphatic hydroxyl groups excluding tert-OH is 1. The van der Waals surface area contributed by atoms with Gasteiger partial charge in [0.2, 0.25) is 0 Å². The topological polar surface area (TPSA) is 82.0 Å². The van der Waals surface area contributed by atoms with Crippen molar-refractivity contribution in [3.05, 3.63) is 56.4 Å². The zero-order valence-corrected chi connectivity index (χ0v) is 18.4.